The molecule has 41 heavy (non-hydrogen) atoms. The fraction of sp³-hybridized carbons (Fsp3) is 0.357. The Bertz CT molecular complexity index is 1390. The highest BCUT2D eigenvalue weighted by atomic mass is 35.5. The summed E-state index contributed by atoms with van der Waals surface area (Å²) in [4.78, 5) is 39.4. The van der Waals surface area contributed by atoms with Gasteiger partial charge < -0.3 is 25.5 Å². The normalized spacial score (nSPS) is 17.2. The van der Waals surface area contributed by atoms with E-state index in [1.54, 1.807) is 24.3 Å². The number of aromatic nitrogens is 1. The molecule has 0 radical (unpaired) electrons. The van der Waals surface area contributed by atoms with Crippen molar-refractivity contribution in [1.29, 1.82) is 0 Å². The summed E-state index contributed by atoms with van der Waals surface area (Å²) in [7, 11) is 0. The van der Waals surface area contributed by atoms with Crippen molar-refractivity contribution in [3.8, 4) is 11.5 Å². The van der Waals surface area contributed by atoms with Crippen molar-refractivity contribution in [2.75, 3.05) is 18.4 Å². The lowest BCUT2D eigenvalue weighted by molar-refractivity contribution is -0.153. The number of hydrogen-bond donors (Lipinski definition) is 4. The van der Waals surface area contributed by atoms with Gasteiger partial charge in [-0.3, -0.25) is 14.4 Å². The average molecular weight is 593 g/mol. The molecular formula is C28H28ClF3N4O5. The number of oxazole rings is 1. The van der Waals surface area contributed by atoms with Gasteiger partial charge in [-0.15, -0.1) is 0 Å². The summed E-state index contributed by atoms with van der Waals surface area (Å²) in [6.45, 7) is -0.278. The molecule has 0 aliphatic heterocycles. The number of aliphatic carboxylic acids is 1. The third-order valence-corrected chi connectivity index (χ3v) is 7.11. The number of anilines is 1. The van der Waals surface area contributed by atoms with E-state index in [2.05, 4.69) is 20.9 Å². The molecule has 4 N–H and O–H groups in total. The number of rotatable bonds is 10. The molecule has 0 spiro atoms. The van der Waals surface area contributed by atoms with Gasteiger partial charge in [0.25, 0.3) is 5.91 Å². The number of benzene rings is 2. The van der Waals surface area contributed by atoms with Crippen molar-refractivity contribution in [3.63, 3.8) is 0 Å². The summed E-state index contributed by atoms with van der Waals surface area (Å²) in [6.07, 6.45) is -1.56. The summed E-state index contributed by atoms with van der Waals surface area (Å²) < 4.78 is 45.4. The first-order chi connectivity index (χ1) is 19.5. The molecule has 13 heteroatoms. The van der Waals surface area contributed by atoms with Crippen LogP contribution in [0.4, 0.5) is 18.9 Å². The Morgan fingerprint density at radius 3 is 2.34 bits per heavy atom. The van der Waals surface area contributed by atoms with Gasteiger partial charge in [0.2, 0.25) is 17.6 Å². The molecule has 0 saturated heterocycles. The second-order valence-corrected chi connectivity index (χ2v) is 10.1. The molecule has 218 valence electrons. The Labute approximate surface area is 238 Å². The molecule has 1 heterocycles. The van der Waals surface area contributed by atoms with Crippen molar-refractivity contribution in [2.45, 2.75) is 50.2 Å². The second kappa shape index (κ2) is 13.2. The van der Waals surface area contributed by atoms with Crippen molar-refractivity contribution < 1.29 is 37.1 Å². The number of nitrogens with zero attached hydrogens (tertiary/aromatic N) is 1. The molecule has 0 bridgehead atoms. The van der Waals surface area contributed by atoms with E-state index in [0.717, 1.165) is 31.2 Å². The van der Waals surface area contributed by atoms with Crippen LogP contribution in [0.3, 0.4) is 0 Å². The van der Waals surface area contributed by atoms with E-state index in [1.807, 2.05) is 12.1 Å². The standard InChI is InChI=1S/C28H28ClF3N4O5/c29-21-4-2-1-3-20(21)27-36-24(25(41-27)28(30,31)32)26(40)33-14-13-22(37)35-19-11-7-17(8-12-19)16-5-9-18(10-6-16)34-15-23(38)39/h1-4,7-8,11-12,16,18,34H,5-6,9-10,13-15H2,(H,33,40)(H,35,37)(H,38,39). The van der Waals surface area contributed by atoms with Gasteiger partial charge in [0.1, 0.15) is 0 Å². The van der Waals surface area contributed by atoms with Crippen molar-refractivity contribution >= 4 is 35.1 Å². The minimum atomic E-state index is -4.97. The lowest BCUT2D eigenvalue weighted by Gasteiger charge is -2.29. The van der Waals surface area contributed by atoms with E-state index >= 15 is 0 Å². The van der Waals surface area contributed by atoms with Crippen molar-refractivity contribution in [2.24, 2.45) is 0 Å². The fourth-order valence-electron chi connectivity index (χ4n) is 4.71. The van der Waals surface area contributed by atoms with Gasteiger partial charge in [0.05, 0.1) is 17.1 Å². The predicted octanol–water partition coefficient (Wildman–Crippen LogP) is 5.47. The smallest absolute Gasteiger partial charge is 0.452 e. The maximum atomic E-state index is 13.5. The molecule has 1 fully saturated rings. The molecule has 2 amide bonds. The van der Waals surface area contributed by atoms with E-state index in [-0.39, 0.29) is 36.1 Å². The maximum Gasteiger partial charge on any atom is 0.452 e. The number of alkyl halides is 3. The maximum absolute atomic E-state index is 13.5. The van der Waals surface area contributed by atoms with E-state index in [1.165, 1.54) is 12.1 Å². The lowest BCUT2D eigenvalue weighted by Crippen LogP contribution is -2.36. The fourth-order valence-corrected chi connectivity index (χ4v) is 4.93. The first kappa shape index (κ1) is 30.1. The Kier molecular flexibility index (Phi) is 9.66. The van der Waals surface area contributed by atoms with Gasteiger partial charge in [0.15, 0.2) is 5.69 Å². The number of halogens is 4. The Hall–Kier alpha value is -3.90. The van der Waals surface area contributed by atoms with Crippen LogP contribution in [-0.2, 0) is 15.8 Å². The molecule has 1 aliphatic carbocycles. The van der Waals surface area contributed by atoms with Crippen molar-refractivity contribution in [1.82, 2.24) is 15.6 Å². The Morgan fingerprint density at radius 2 is 1.71 bits per heavy atom. The van der Waals surface area contributed by atoms with Crippen LogP contribution >= 0.6 is 11.6 Å². The largest absolute Gasteiger partial charge is 0.480 e. The number of carbonyl (C=O) groups is 3. The summed E-state index contributed by atoms with van der Waals surface area (Å²) in [6, 6.07) is 13.6. The number of carbonyl (C=O) groups excluding carboxylic acids is 2. The number of carboxylic acid groups (broad SMARTS) is 1. The summed E-state index contributed by atoms with van der Waals surface area (Å²) in [5.74, 6) is -4.10. The first-order valence-electron chi connectivity index (χ1n) is 13.0. The molecule has 0 atom stereocenters. The van der Waals surface area contributed by atoms with Gasteiger partial charge in [-0.2, -0.15) is 13.2 Å². The average Bonchev–Trinajstić information content (AvgIpc) is 3.39. The molecule has 2 aromatic carbocycles. The van der Waals surface area contributed by atoms with Crippen LogP contribution in [-0.4, -0.2) is 47.0 Å². The van der Waals surface area contributed by atoms with Crippen LogP contribution in [0.15, 0.2) is 52.9 Å². The molecule has 3 aromatic rings. The van der Waals surface area contributed by atoms with Gasteiger partial charge in [-0.25, -0.2) is 4.98 Å². The summed E-state index contributed by atoms with van der Waals surface area (Å²) in [5, 5.41) is 16.9. The minimum absolute atomic E-state index is 0.0489. The topological polar surface area (TPSA) is 134 Å². The Balaban J connectivity index is 1.27. The highest BCUT2D eigenvalue weighted by Gasteiger charge is 2.42. The number of hydrogen-bond acceptors (Lipinski definition) is 6. The highest BCUT2D eigenvalue weighted by molar-refractivity contribution is 6.33. The number of nitrogens with one attached hydrogen (secondary N) is 3. The predicted molar refractivity (Wildman–Crippen MR) is 145 cm³/mol. The quantitative estimate of drug-likeness (QED) is 0.245. The molecule has 1 aliphatic rings. The molecule has 1 saturated carbocycles. The molecule has 1 aromatic heterocycles. The SMILES string of the molecule is O=C(O)CNC1CCC(c2ccc(NC(=O)CCNC(=O)c3nc(-c4ccccc4Cl)oc3C(F)(F)F)cc2)CC1. The number of amides is 2. The van der Waals surface area contributed by atoms with E-state index in [9.17, 15) is 27.6 Å². The van der Waals surface area contributed by atoms with Crippen LogP contribution in [0.5, 0.6) is 0 Å². The van der Waals surface area contributed by atoms with Gasteiger partial charge in [0, 0.05) is 24.7 Å². The molecule has 9 nitrogen and oxygen atoms in total. The highest BCUT2D eigenvalue weighted by Crippen LogP contribution is 2.37. The van der Waals surface area contributed by atoms with Crippen LogP contribution in [0.25, 0.3) is 11.5 Å². The third-order valence-electron chi connectivity index (χ3n) is 6.78. The van der Waals surface area contributed by atoms with E-state index in [4.69, 9.17) is 21.1 Å². The lowest BCUT2D eigenvalue weighted by atomic mass is 9.81. The van der Waals surface area contributed by atoms with Crippen LogP contribution in [0.1, 0.15) is 59.8 Å². The zero-order chi connectivity index (χ0) is 29.6. The monoisotopic (exact) mass is 592 g/mol. The van der Waals surface area contributed by atoms with Gasteiger partial charge in [-0.05, 0) is 61.4 Å². The van der Waals surface area contributed by atoms with Gasteiger partial charge in [-0.1, -0.05) is 35.9 Å². The Morgan fingerprint density at radius 1 is 1.02 bits per heavy atom. The van der Waals surface area contributed by atoms with E-state index in [0.29, 0.717) is 11.6 Å². The third kappa shape index (κ3) is 8.08. The van der Waals surface area contributed by atoms with Crippen LogP contribution in [0, 0.1) is 0 Å². The summed E-state index contributed by atoms with van der Waals surface area (Å²) in [5.41, 5.74) is 0.818. The minimum Gasteiger partial charge on any atom is -0.480 e. The zero-order valence-corrected chi connectivity index (χ0v) is 22.5. The molecular weight excluding hydrogens is 565 g/mol. The van der Waals surface area contributed by atoms with E-state index < -0.39 is 41.3 Å². The zero-order valence-electron chi connectivity index (χ0n) is 21.8. The summed E-state index contributed by atoms with van der Waals surface area (Å²) >= 11 is 6.03. The number of carboxylic acids is 1. The second-order valence-electron chi connectivity index (χ2n) is 9.67. The molecule has 4 rings (SSSR count). The van der Waals surface area contributed by atoms with Crippen molar-refractivity contribution in [3.05, 3.63) is 70.6 Å². The van der Waals surface area contributed by atoms with Crippen LogP contribution in [0.2, 0.25) is 5.02 Å². The van der Waals surface area contributed by atoms with Gasteiger partial charge >= 0.3 is 12.1 Å². The molecule has 0 unspecified atom stereocenters. The van der Waals surface area contributed by atoms with Crippen LogP contribution < -0.4 is 16.0 Å². The first-order valence-corrected chi connectivity index (χ1v) is 13.3.